The zero-order valence-electron chi connectivity index (χ0n) is 11.1. The predicted octanol–water partition coefficient (Wildman–Crippen LogP) is 1.70. The molecule has 0 radical (unpaired) electrons. The first-order chi connectivity index (χ1) is 9.20. The molecular weight excluding hydrogens is 244 g/mol. The number of nitrogens with zero attached hydrogens (tertiary/aromatic N) is 2. The molecule has 0 unspecified atom stereocenters. The summed E-state index contributed by atoms with van der Waals surface area (Å²) < 4.78 is 4.99. The average molecular weight is 264 g/mol. The third-order valence-electron chi connectivity index (χ3n) is 3.22. The Balaban J connectivity index is 1.84. The zero-order valence-corrected chi connectivity index (χ0v) is 11.1. The van der Waals surface area contributed by atoms with Crippen LogP contribution in [0.3, 0.4) is 0 Å². The molecule has 2 heterocycles. The highest BCUT2D eigenvalue weighted by molar-refractivity contribution is 5.67. The van der Waals surface area contributed by atoms with Gasteiger partial charge in [0.25, 0.3) is 0 Å². The molecule has 6 nitrogen and oxygen atoms in total. The Bertz CT molecular complexity index is 430. The van der Waals surface area contributed by atoms with E-state index in [2.05, 4.69) is 10.3 Å². The number of ether oxygens (including phenoxy) is 1. The van der Waals surface area contributed by atoms with Crippen molar-refractivity contribution in [3.63, 3.8) is 0 Å². The Kier molecular flexibility index (Phi) is 4.43. The summed E-state index contributed by atoms with van der Waals surface area (Å²) in [5.74, 6) is 0.510. The van der Waals surface area contributed by atoms with Gasteiger partial charge in [-0.3, -0.25) is 0 Å². The lowest BCUT2D eigenvalue weighted by atomic mass is 10.1. The number of carbonyl (C=O) groups excluding carboxylic acids is 1. The minimum Gasteiger partial charge on any atom is -0.450 e. The minimum atomic E-state index is -0.221. The largest absolute Gasteiger partial charge is 0.450 e. The fourth-order valence-electron chi connectivity index (χ4n) is 2.18. The Labute approximate surface area is 112 Å². The highest BCUT2D eigenvalue weighted by Gasteiger charge is 2.23. The quantitative estimate of drug-likeness (QED) is 0.868. The van der Waals surface area contributed by atoms with Gasteiger partial charge in [0.15, 0.2) is 0 Å². The van der Waals surface area contributed by atoms with E-state index in [4.69, 9.17) is 10.5 Å². The van der Waals surface area contributed by atoms with E-state index in [1.54, 1.807) is 11.1 Å². The molecular formula is C13H20N4O2. The summed E-state index contributed by atoms with van der Waals surface area (Å²) in [6.07, 6.45) is 3.21. The molecule has 1 aliphatic heterocycles. The average Bonchev–Trinajstić information content (AvgIpc) is 2.42. The van der Waals surface area contributed by atoms with E-state index in [-0.39, 0.29) is 6.09 Å². The summed E-state index contributed by atoms with van der Waals surface area (Å²) in [6.45, 7) is 3.65. The number of nitrogens with one attached hydrogen (secondary N) is 1. The maximum absolute atomic E-state index is 11.6. The Hall–Kier alpha value is -1.98. The second kappa shape index (κ2) is 6.26. The van der Waals surface area contributed by atoms with Crippen LogP contribution < -0.4 is 11.1 Å². The van der Waals surface area contributed by atoms with Crippen molar-refractivity contribution < 1.29 is 9.53 Å². The number of pyridine rings is 1. The van der Waals surface area contributed by atoms with Gasteiger partial charge in [0, 0.05) is 25.3 Å². The maximum atomic E-state index is 11.6. The first-order valence-electron chi connectivity index (χ1n) is 6.59. The van der Waals surface area contributed by atoms with Crippen LogP contribution >= 0.6 is 0 Å². The number of aromatic nitrogens is 1. The highest BCUT2D eigenvalue weighted by Crippen LogP contribution is 2.20. The molecule has 104 valence electrons. The summed E-state index contributed by atoms with van der Waals surface area (Å²) in [5.41, 5.74) is 6.65. The summed E-state index contributed by atoms with van der Waals surface area (Å²) in [5, 5.41) is 3.37. The maximum Gasteiger partial charge on any atom is 0.409 e. The van der Waals surface area contributed by atoms with Gasteiger partial charge in [0.05, 0.1) is 12.3 Å². The Morgan fingerprint density at radius 2 is 2.32 bits per heavy atom. The number of rotatable bonds is 3. The predicted molar refractivity (Wildman–Crippen MR) is 73.9 cm³/mol. The molecule has 0 spiro atoms. The van der Waals surface area contributed by atoms with Crippen LogP contribution in [0.5, 0.6) is 0 Å². The first kappa shape index (κ1) is 13.5. The van der Waals surface area contributed by atoms with Gasteiger partial charge in [-0.2, -0.15) is 0 Å². The molecule has 0 aromatic carbocycles. The molecule has 1 fully saturated rings. The summed E-state index contributed by atoms with van der Waals surface area (Å²) >= 11 is 0. The fraction of sp³-hybridized carbons (Fsp3) is 0.538. The molecule has 1 aliphatic rings. The lowest BCUT2D eigenvalue weighted by molar-refractivity contribution is 0.0983. The van der Waals surface area contributed by atoms with E-state index < -0.39 is 0 Å². The van der Waals surface area contributed by atoms with E-state index in [1.807, 2.05) is 19.1 Å². The fourth-order valence-corrected chi connectivity index (χ4v) is 2.18. The topological polar surface area (TPSA) is 80.5 Å². The number of anilines is 2. The molecule has 2 rings (SSSR count). The van der Waals surface area contributed by atoms with Gasteiger partial charge in [-0.05, 0) is 31.9 Å². The van der Waals surface area contributed by atoms with Gasteiger partial charge in [0.1, 0.15) is 5.82 Å². The molecule has 0 aliphatic carbocycles. The third-order valence-corrected chi connectivity index (χ3v) is 3.22. The zero-order chi connectivity index (χ0) is 13.7. The summed E-state index contributed by atoms with van der Waals surface area (Å²) in [6, 6.07) is 4.09. The van der Waals surface area contributed by atoms with Crippen molar-refractivity contribution in [1.82, 2.24) is 9.88 Å². The third kappa shape index (κ3) is 3.49. The SMILES string of the molecule is CCOC(=O)N1CCC(Nc2cccnc2N)CC1. The van der Waals surface area contributed by atoms with Crippen molar-refractivity contribution in [3.05, 3.63) is 18.3 Å². The van der Waals surface area contributed by atoms with E-state index in [1.165, 1.54) is 0 Å². The smallest absolute Gasteiger partial charge is 0.409 e. The van der Waals surface area contributed by atoms with Crippen LogP contribution in [0.1, 0.15) is 19.8 Å². The van der Waals surface area contributed by atoms with E-state index in [0.717, 1.165) is 18.5 Å². The van der Waals surface area contributed by atoms with Crippen LogP contribution in [-0.2, 0) is 4.74 Å². The standard InChI is InChI=1S/C13H20N4O2/c1-2-19-13(18)17-8-5-10(6-9-17)16-11-4-3-7-15-12(11)14/h3-4,7,10,16H,2,5-6,8-9H2,1H3,(H2,14,15). The number of hydrogen-bond donors (Lipinski definition) is 2. The molecule has 1 amide bonds. The number of piperidine rings is 1. The molecule has 19 heavy (non-hydrogen) atoms. The molecule has 0 saturated carbocycles. The number of amides is 1. The second-order valence-corrected chi connectivity index (χ2v) is 4.54. The van der Waals surface area contributed by atoms with Crippen molar-refractivity contribution in [3.8, 4) is 0 Å². The van der Waals surface area contributed by atoms with E-state index >= 15 is 0 Å². The van der Waals surface area contributed by atoms with Crippen LogP contribution in [0, 0.1) is 0 Å². The first-order valence-corrected chi connectivity index (χ1v) is 6.59. The van der Waals surface area contributed by atoms with E-state index in [0.29, 0.717) is 31.6 Å². The van der Waals surface area contributed by atoms with Crippen molar-refractivity contribution in [2.24, 2.45) is 0 Å². The molecule has 1 aromatic heterocycles. The highest BCUT2D eigenvalue weighted by atomic mass is 16.6. The molecule has 6 heteroatoms. The molecule has 0 bridgehead atoms. The van der Waals surface area contributed by atoms with Crippen molar-refractivity contribution >= 4 is 17.6 Å². The van der Waals surface area contributed by atoms with Gasteiger partial charge < -0.3 is 20.7 Å². The molecule has 3 N–H and O–H groups in total. The van der Waals surface area contributed by atoms with Gasteiger partial charge in [-0.1, -0.05) is 0 Å². The Morgan fingerprint density at radius 3 is 2.95 bits per heavy atom. The van der Waals surface area contributed by atoms with Crippen LogP contribution in [0.2, 0.25) is 0 Å². The van der Waals surface area contributed by atoms with Gasteiger partial charge in [0.2, 0.25) is 0 Å². The lowest BCUT2D eigenvalue weighted by Gasteiger charge is -2.32. The minimum absolute atomic E-state index is 0.221. The van der Waals surface area contributed by atoms with Crippen molar-refractivity contribution in [1.29, 1.82) is 0 Å². The number of nitrogens with two attached hydrogens (primary N) is 1. The van der Waals surface area contributed by atoms with Crippen molar-refractivity contribution in [2.75, 3.05) is 30.7 Å². The van der Waals surface area contributed by atoms with Gasteiger partial charge >= 0.3 is 6.09 Å². The summed E-state index contributed by atoms with van der Waals surface area (Å²) in [7, 11) is 0. The number of hydrogen-bond acceptors (Lipinski definition) is 5. The second-order valence-electron chi connectivity index (χ2n) is 4.54. The lowest BCUT2D eigenvalue weighted by Crippen LogP contribution is -2.42. The van der Waals surface area contributed by atoms with Crippen LogP contribution in [0.15, 0.2) is 18.3 Å². The Morgan fingerprint density at radius 1 is 1.58 bits per heavy atom. The normalized spacial score (nSPS) is 16.2. The number of carbonyl (C=O) groups is 1. The number of likely N-dealkylation sites (tertiary alicyclic amines) is 1. The van der Waals surface area contributed by atoms with Crippen LogP contribution in [0.25, 0.3) is 0 Å². The molecule has 0 atom stereocenters. The van der Waals surface area contributed by atoms with Gasteiger partial charge in [-0.25, -0.2) is 9.78 Å². The van der Waals surface area contributed by atoms with Crippen LogP contribution in [0.4, 0.5) is 16.3 Å². The number of nitrogen functional groups attached to an aromatic ring is 1. The summed E-state index contributed by atoms with van der Waals surface area (Å²) in [4.78, 5) is 17.4. The molecule has 1 saturated heterocycles. The monoisotopic (exact) mass is 264 g/mol. The van der Waals surface area contributed by atoms with E-state index in [9.17, 15) is 4.79 Å². The van der Waals surface area contributed by atoms with Gasteiger partial charge in [-0.15, -0.1) is 0 Å². The van der Waals surface area contributed by atoms with Crippen molar-refractivity contribution in [2.45, 2.75) is 25.8 Å². The molecule has 1 aromatic rings. The van der Waals surface area contributed by atoms with Crippen LogP contribution in [-0.4, -0.2) is 41.7 Å².